The van der Waals surface area contributed by atoms with E-state index >= 15 is 0 Å². The number of hydroxylamine groups is 1. The maximum absolute atomic E-state index is 12.9. The van der Waals surface area contributed by atoms with Gasteiger partial charge in [0.2, 0.25) is 5.03 Å². The Balaban J connectivity index is 3.23. The van der Waals surface area contributed by atoms with Crippen molar-refractivity contribution in [1.82, 2.24) is 10.6 Å². The third kappa shape index (κ3) is 1.37. The summed E-state index contributed by atoms with van der Waals surface area (Å²) >= 11 is 0. The number of hydrogen-bond acceptors (Lipinski definition) is 8. The Morgan fingerprint density at radius 1 is 1.38 bits per heavy atom. The molecule has 0 saturated heterocycles. The molecule has 0 aromatic rings. The minimum absolute atomic E-state index is 0.812. The normalized spacial score (nSPS) is 23.3. The van der Waals surface area contributed by atoms with Crippen molar-refractivity contribution in [3.63, 3.8) is 0 Å². The van der Waals surface area contributed by atoms with E-state index in [1.807, 2.05) is 0 Å². The summed E-state index contributed by atoms with van der Waals surface area (Å²) in [6.07, 6.45) is 0. The van der Waals surface area contributed by atoms with Gasteiger partial charge in [-0.3, -0.25) is 10.1 Å². The maximum atomic E-state index is 12.9. The summed E-state index contributed by atoms with van der Waals surface area (Å²) in [5.41, 5.74) is 0.812. The highest BCUT2D eigenvalue weighted by atomic mass is 19.1. The molecular formula is C2HFN6O7. The van der Waals surface area contributed by atoms with Crippen LogP contribution in [0.15, 0.2) is 5.16 Å². The number of hydrazine groups is 2. The molecule has 0 radical (unpaired) electrons. The highest BCUT2D eigenvalue weighted by Gasteiger charge is 2.73. The van der Waals surface area contributed by atoms with E-state index in [0.717, 1.165) is 5.43 Å². The lowest BCUT2D eigenvalue weighted by Gasteiger charge is -2.14. The highest BCUT2D eigenvalue weighted by molar-refractivity contribution is 5.82. The summed E-state index contributed by atoms with van der Waals surface area (Å²) in [6, 6.07) is 0. The van der Waals surface area contributed by atoms with Crippen LogP contribution < -0.4 is 5.43 Å². The zero-order chi connectivity index (χ0) is 12.5. The van der Waals surface area contributed by atoms with E-state index in [0.29, 0.717) is 0 Å². The van der Waals surface area contributed by atoms with Gasteiger partial charge in [-0.15, -0.1) is 0 Å². The molecule has 0 saturated carbocycles. The fourth-order valence-electron chi connectivity index (χ4n) is 0.826. The molecule has 0 fully saturated rings. The molecule has 0 aromatic heterocycles. The smallest absolute Gasteiger partial charge is 0.260 e. The molecule has 0 spiro atoms. The molecular weight excluding hydrogens is 239 g/mol. The van der Waals surface area contributed by atoms with E-state index in [9.17, 15) is 34.7 Å². The van der Waals surface area contributed by atoms with Crippen LogP contribution in [0.4, 0.5) is 4.39 Å². The second-order valence-electron chi connectivity index (χ2n) is 2.27. The predicted molar refractivity (Wildman–Crippen MR) is 38.3 cm³/mol. The minimum atomic E-state index is -3.62. The molecule has 1 heterocycles. The lowest BCUT2D eigenvalue weighted by atomic mass is 10.4. The number of nitrogens with zero attached hydrogens (tertiary/aromatic N) is 5. The van der Waals surface area contributed by atoms with Crippen LogP contribution in [0, 0.1) is 30.3 Å². The van der Waals surface area contributed by atoms with Crippen LogP contribution in [0.25, 0.3) is 0 Å². The van der Waals surface area contributed by atoms with E-state index in [4.69, 9.17) is 0 Å². The lowest BCUT2D eigenvalue weighted by molar-refractivity contribution is -0.829. The monoisotopic (exact) mass is 240 g/mol. The van der Waals surface area contributed by atoms with Gasteiger partial charge in [-0.25, -0.2) is 20.2 Å². The summed E-state index contributed by atoms with van der Waals surface area (Å²) in [5, 5.41) is 29.1. The molecule has 1 atom stereocenters. The van der Waals surface area contributed by atoms with Gasteiger partial charge in [-0.2, -0.15) is 9.33 Å². The van der Waals surface area contributed by atoms with Crippen molar-refractivity contribution in [1.29, 1.82) is 0 Å². The minimum Gasteiger partial charge on any atom is -0.260 e. The molecule has 1 aliphatic rings. The number of nitrogens with one attached hydrogen (secondary N) is 1. The van der Waals surface area contributed by atoms with Gasteiger partial charge in [0, 0.05) is 0 Å². The summed E-state index contributed by atoms with van der Waals surface area (Å²) in [4.78, 5) is 32.7. The molecule has 14 heteroatoms. The van der Waals surface area contributed by atoms with E-state index in [-0.39, 0.29) is 0 Å². The van der Waals surface area contributed by atoms with Crippen LogP contribution in [0.5, 0.6) is 0 Å². The van der Waals surface area contributed by atoms with Crippen molar-refractivity contribution in [2.75, 3.05) is 0 Å². The van der Waals surface area contributed by atoms with Crippen LogP contribution in [0.2, 0.25) is 0 Å². The predicted octanol–water partition coefficient (Wildman–Crippen LogP) is -1.58. The van der Waals surface area contributed by atoms with Crippen LogP contribution in [0.1, 0.15) is 0 Å². The second kappa shape index (κ2) is 3.41. The van der Waals surface area contributed by atoms with Gasteiger partial charge in [0.05, 0.1) is 4.92 Å². The average Bonchev–Trinajstić information content (AvgIpc) is 2.44. The third-order valence-electron chi connectivity index (χ3n) is 1.42. The van der Waals surface area contributed by atoms with E-state index < -0.39 is 31.9 Å². The molecule has 1 rings (SSSR count). The summed E-state index contributed by atoms with van der Waals surface area (Å²) < 4.78 is 12.9. The molecule has 1 aliphatic heterocycles. The molecule has 1 unspecified atom stereocenters. The van der Waals surface area contributed by atoms with Gasteiger partial charge in [0.15, 0.2) is 10.2 Å². The van der Waals surface area contributed by atoms with Crippen LogP contribution >= 0.6 is 0 Å². The molecule has 0 aliphatic carbocycles. The first kappa shape index (κ1) is 11.3. The first-order valence-electron chi connectivity index (χ1n) is 3.24. The number of rotatable bonds is 4. The van der Waals surface area contributed by atoms with Crippen molar-refractivity contribution < 1.29 is 24.3 Å². The van der Waals surface area contributed by atoms with E-state index in [1.54, 1.807) is 0 Å². The van der Waals surface area contributed by atoms with Crippen molar-refractivity contribution in [3.05, 3.63) is 30.3 Å². The van der Waals surface area contributed by atoms with Gasteiger partial charge < -0.3 is 0 Å². The molecule has 0 aromatic carbocycles. The SMILES string of the molecule is O=[N+]([O-])NC1([N+](=O)[O-])C(F)=NON1[N+](=O)[O-]. The fraction of sp³-hybridized carbons (Fsp3) is 0.500. The molecule has 1 N–H and O–H groups in total. The van der Waals surface area contributed by atoms with Crippen molar-refractivity contribution >= 4 is 5.97 Å². The lowest BCUT2D eigenvalue weighted by Crippen LogP contribution is -2.67. The van der Waals surface area contributed by atoms with Crippen LogP contribution in [0.3, 0.4) is 0 Å². The Morgan fingerprint density at radius 3 is 2.31 bits per heavy atom. The Labute approximate surface area is 83.4 Å². The van der Waals surface area contributed by atoms with Gasteiger partial charge >= 0.3 is 11.8 Å². The first-order valence-corrected chi connectivity index (χ1v) is 3.24. The standard InChI is InChI=1S/C2HFN6O7/c3-1-2(7(10)11,5-8(12)13)6(9(14)15)16-4-1/h5H. The Morgan fingerprint density at radius 2 is 1.94 bits per heavy atom. The second-order valence-corrected chi connectivity index (χ2v) is 2.27. The quantitative estimate of drug-likeness (QED) is 0.346. The number of oxime groups is 1. The van der Waals surface area contributed by atoms with Crippen LogP contribution in [-0.2, 0) is 4.94 Å². The summed E-state index contributed by atoms with van der Waals surface area (Å²) in [6.45, 7) is 0. The first-order chi connectivity index (χ1) is 7.32. The average molecular weight is 240 g/mol. The topological polar surface area (TPSA) is 166 Å². The number of nitro groups is 3. The van der Waals surface area contributed by atoms with Gasteiger partial charge in [-0.05, 0) is 10.6 Å². The van der Waals surface area contributed by atoms with E-state index in [2.05, 4.69) is 10.1 Å². The Bertz CT molecular complexity index is 394. The highest BCUT2D eigenvalue weighted by Crippen LogP contribution is 2.23. The number of halogens is 1. The zero-order valence-corrected chi connectivity index (χ0v) is 6.97. The van der Waals surface area contributed by atoms with Gasteiger partial charge in [0.25, 0.3) is 0 Å². The Hall–Kier alpha value is -2.80. The summed E-state index contributed by atoms with van der Waals surface area (Å²) in [7, 11) is 0. The van der Waals surface area contributed by atoms with E-state index in [1.165, 1.54) is 0 Å². The third-order valence-corrected chi connectivity index (χ3v) is 1.42. The fourth-order valence-corrected chi connectivity index (χ4v) is 0.826. The van der Waals surface area contributed by atoms with Crippen molar-refractivity contribution in [2.45, 2.75) is 5.79 Å². The molecule has 16 heavy (non-hydrogen) atoms. The van der Waals surface area contributed by atoms with Crippen molar-refractivity contribution in [3.8, 4) is 0 Å². The maximum Gasteiger partial charge on any atom is 0.582 e. The number of hydrogen-bond donors (Lipinski definition) is 1. The molecule has 0 bridgehead atoms. The molecule has 88 valence electrons. The molecule has 0 amide bonds. The zero-order valence-electron chi connectivity index (χ0n) is 6.97. The van der Waals surface area contributed by atoms with Gasteiger partial charge in [-0.1, -0.05) is 0 Å². The summed E-state index contributed by atoms with van der Waals surface area (Å²) in [5.74, 6) is -5.70. The van der Waals surface area contributed by atoms with Gasteiger partial charge in [0.1, 0.15) is 0 Å². The van der Waals surface area contributed by atoms with Crippen molar-refractivity contribution in [2.24, 2.45) is 5.16 Å². The molecule has 13 nitrogen and oxygen atoms in total. The largest absolute Gasteiger partial charge is 0.582 e. The van der Waals surface area contributed by atoms with Crippen LogP contribution in [-0.4, -0.2) is 31.9 Å². The Kier molecular flexibility index (Phi) is 2.40.